The van der Waals surface area contributed by atoms with E-state index in [4.69, 9.17) is 5.11 Å². The fourth-order valence-corrected chi connectivity index (χ4v) is 5.31. The van der Waals surface area contributed by atoms with Crippen molar-refractivity contribution in [2.24, 2.45) is 5.41 Å². The van der Waals surface area contributed by atoms with Crippen LogP contribution in [0.2, 0.25) is 0 Å². The molecule has 1 spiro atoms. The molecule has 2 heterocycles. The van der Waals surface area contributed by atoms with Gasteiger partial charge < -0.3 is 15.3 Å². The van der Waals surface area contributed by atoms with Crippen LogP contribution in [0, 0.1) is 5.41 Å². The lowest BCUT2D eigenvalue weighted by atomic mass is 9.82. The molecule has 5 nitrogen and oxygen atoms in total. The van der Waals surface area contributed by atoms with Crippen molar-refractivity contribution in [2.45, 2.75) is 50.1 Å². The van der Waals surface area contributed by atoms with Gasteiger partial charge in [-0.25, -0.2) is 4.79 Å². The second kappa shape index (κ2) is 6.31. The fraction of sp³-hybridized carbons (Fsp3) is 0.429. The Bertz CT molecular complexity index is 824. The van der Waals surface area contributed by atoms with E-state index < -0.39 is 5.97 Å². The minimum Gasteiger partial charge on any atom is -0.506 e. The highest BCUT2D eigenvalue weighted by atomic mass is 16.4. The number of hydrogen-bond donors (Lipinski definition) is 1. The Kier molecular flexibility index (Phi) is 4.10. The van der Waals surface area contributed by atoms with Gasteiger partial charge in [0.2, 0.25) is 0 Å². The summed E-state index contributed by atoms with van der Waals surface area (Å²) in [5, 5.41) is 8.38. The first-order valence-electron chi connectivity index (χ1n) is 9.25. The first-order valence-corrected chi connectivity index (χ1v) is 9.25. The molecular weight excluding hydrogens is 326 g/mol. The maximum absolute atomic E-state index is 10.6. The largest absolute Gasteiger partial charge is 0.506 e. The van der Waals surface area contributed by atoms with Crippen LogP contribution in [0.5, 0.6) is 0 Å². The quantitative estimate of drug-likeness (QED) is 0.815. The number of pyridine rings is 1. The normalized spacial score (nSPS) is 31.2. The highest BCUT2D eigenvalue weighted by molar-refractivity contribution is 5.87. The summed E-state index contributed by atoms with van der Waals surface area (Å²) in [7, 11) is 0. The van der Waals surface area contributed by atoms with Gasteiger partial charge >= 0.3 is 5.97 Å². The van der Waals surface area contributed by atoms with Gasteiger partial charge in [-0.15, -0.1) is 0 Å². The van der Waals surface area contributed by atoms with E-state index >= 15 is 0 Å². The number of carboxylic acid groups (broad SMARTS) is 1. The van der Waals surface area contributed by atoms with Crippen molar-refractivity contribution in [2.75, 3.05) is 0 Å². The molecule has 1 saturated heterocycles. The van der Waals surface area contributed by atoms with Crippen LogP contribution in [0.25, 0.3) is 5.53 Å². The lowest BCUT2D eigenvalue weighted by Crippen LogP contribution is -2.39. The molecule has 2 aromatic rings. The number of benzene rings is 1. The van der Waals surface area contributed by atoms with Gasteiger partial charge in [0, 0.05) is 42.6 Å². The van der Waals surface area contributed by atoms with Crippen molar-refractivity contribution < 1.29 is 14.6 Å². The highest BCUT2D eigenvalue weighted by Crippen LogP contribution is 2.65. The monoisotopic (exact) mass is 349 g/mol. The standard InChI is InChI=1S/C14H17N3.C7H6O2/c15-17-12-4-1-5-13(12)6-7-14(17,10-13)11-3-2-8-16-9-11;8-7(9)6-4-2-1-3-5-6/h2-3,8-9,12H,1,4-7,10H2;1-5H,(H,8,9)/t12?,13?,14-;/m1./s1. The molecule has 2 saturated carbocycles. The Hall–Kier alpha value is -2.56. The van der Waals surface area contributed by atoms with E-state index in [1.165, 1.54) is 31.2 Å². The lowest BCUT2D eigenvalue weighted by Gasteiger charge is -2.32. The van der Waals surface area contributed by atoms with Crippen molar-refractivity contribution in [1.82, 2.24) is 4.98 Å². The molecule has 3 aliphatic rings. The molecule has 134 valence electrons. The number of hydrogen-bond acceptors (Lipinski definition) is 2. The molecule has 2 unspecified atom stereocenters. The molecule has 3 fully saturated rings. The zero-order valence-electron chi connectivity index (χ0n) is 14.7. The van der Waals surface area contributed by atoms with Crippen molar-refractivity contribution >= 4 is 5.97 Å². The average molecular weight is 349 g/mol. The summed E-state index contributed by atoms with van der Waals surface area (Å²) in [6.07, 6.45) is 11.0. The molecule has 5 heteroatoms. The number of carbonyl (C=O) groups is 1. The number of rotatable bonds is 2. The third kappa shape index (κ3) is 2.54. The summed E-state index contributed by atoms with van der Waals surface area (Å²) in [6.45, 7) is 0. The van der Waals surface area contributed by atoms with Gasteiger partial charge in [0.05, 0.1) is 5.56 Å². The van der Waals surface area contributed by atoms with Crippen molar-refractivity contribution in [3.63, 3.8) is 0 Å². The zero-order valence-corrected chi connectivity index (χ0v) is 14.7. The number of aromatic carboxylic acids is 1. The van der Waals surface area contributed by atoms with E-state index in [0.29, 0.717) is 17.0 Å². The van der Waals surface area contributed by atoms with Crippen LogP contribution in [0.4, 0.5) is 0 Å². The van der Waals surface area contributed by atoms with Crippen LogP contribution >= 0.6 is 0 Å². The average Bonchev–Trinajstić information content (AvgIpc) is 3.34. The van der Waals surface area contributed by atoms with Crippen LogP contribution in [-0.4, -0.2) is 26.8 Å². The summed E-state index contributed by atoms with van der Waals surface area (Å²) in [6, 6.07) is 12.8. The van der Waals surface area contributed by atoms with Gasteiger partial charge in [-0.1, -0.05) is 18.2 Å². The second-order valence-electron chi connectivity index (χ2n) is 7.74. The van der Waals surface area contributed by atoms with E-state index in [1.54, 1.807) is 35.0 Å². The van der Waals surface area contributed by atoms with Crippen LogP contribution in [-0.2, 0) is 5.54 Å². The Labute approximate surface area is 153 Å². The summed E-state index contributed by atoms with van der Waals surface area (Å²) < 4.78 is 1.69. The molecule has 0 radical (unpaired) electrons. The summed E-state index contributed by atoms with van der Waals surface area (Å²) >= 11 is 0. The second-order valence-corrected chi connectivity index (χ2v) is 7.74. The zero-order chi connectivity index (χ0) is 18.2. The smallest absolute Gasteiger partial charge is 0.335 e. The number of nitrogens with zero attached hydrogens (tertiary/aromatic N) is 3. The predicted molar refractivity (Wildman–Crippen MR) is 96.9 cm³/mol. The maximum Gasteiger partial charge on any atom is 0.335 e. The number of aromatic nitrogens is 1. The van der Waals surface area contributed by atoms with Gasteiger partial charge in [0.15, 0.2) is 5.54 Å². The Morgan fingerprint density at radius 2 is 1.96 bits per heavy atom. The minimum atomic E-state index is -0.879. The van der Waals surface area contributed by atoms with Crippen LogP contribution < -0.4 is 0 Å². The molecule has 2 aliphatic carbocycles. The first kappa shape index (κ1) is 16.9. The molecule has 1 aromatic carbocycles. The molecular formula is C21H23N3O2. The highest BCUT2D eigenvalue weighted by Gasteiger charge is 2.69. The van der Waals surface area contributed by atoms with Crippen LogP contribution in [0.3, 0.4) is 0 Å². The molecule has 0 amide bonds. The van der Waals surface area contributed by atoms with Gasteiger partial charge in [0.25, 0.3) is 0 Å². The van der Waals surface area contributed by atoms with Gasteiger partial charge in [-0.2, -0.15) is 0 Å². The Morgan fingerprint density at radius 1 is 1.15 bits per heavy atom. The number of carboxylic acids is 1. The van der Waals surface area contributed by atoms with Crippen molar-refractivity contribution in [3.05, 3.63) is 71.5 Å². The SMILES string of the molecule is O=C(O)c1ccccc1.[N-]=[N+]1C2CCCC23CC[C@]1(c1cccnc1)C3. The molecule has 26 heavy (non-hydrogen) atoms. The topological polar surface area (TPSA) is 75.5 Å². The van der Waals surface area contributed by atoms with Crippen LogP contribution in [0.15, 0.2) is 54.9 Å². The van der Waals surface area contributed by atoms with E-state index in [-0.39, 0.29) is 5.54 Å². The Balaban J connectivity index is 0.000000160. The molecule has 1 aliphatic heterocycles. The van der Waals surface area contributed by atoms with Crippen molar-refractivity contribution in [3.8, 4) is 0 Å². The summed E-state index contributed by atoms with van der Waals surface area (Å²) in [5.74, 6) is -0.879. The van der Waals surface area contributed by atoms with E-state index in [1.807, 2.05) is 18.5 Å². The molecule has 3 atom stereocenters. The predicted octanol–water partition coefficient (Wildman–Crippen LogP) is 4.43. The van der Waals surface area contributed by atoms with Gasteiger partial charge in [0.1, 0.15) is 6.04 Å². The maximum atomic E-state index is 10.6. The van der Waals surface area contributed by atoms with E-state index in [0.717, 1.165) is 12.8 Å². The lowest BCUT2D eigenvalue weighted by molar-refractivity contribution is -0.657. The third-order valence-electron chi connectivity index (χ3n) is 6.49. The number of piperidine rings is 1. The number of fused-ring (bicyclic) bond motifs is 1. The van der Waals surface area contributed by atoms with Crippen molar-refractivity contribution in [1.29, 1.82) is 0 Å². The fourth-order valence-electron chi connectivity index (χ4n) is 5.31. The molecule has 5 rings (SSSR count). The summed E-state index contributed by atoms with van der Waals surface area (Å²) in [4.78, 5) is 14.4. The summed E-state index contributed by atoms with van der Waals surface area (Å²) in [5.41, 5.74) is 12.4. The molecule has 1 N–H and O–H groups in total. The van der Waals surface area contributed by atoms with E-state index in [2.05, 4.69) is 11.1 Å². The van der Waals surface area contributed by atoms with Gasteiger partial charge in [-0.3, -0.25) is 4.98 Å². The first-order chi connectivity index (χ1) is 12.6. The molecule has 2 bridgehead atoms. The van der Waals surface area contributed by atoms with E-state index in [9.17, 15) is 10.3 Å². The molecule has 1 aromatic heterocycles. The Morgan fingerprint density at radius 3 is 2.58 bits per heavy atom. The van der Waals surface area contributed by atoms with Crippen LogP contribution in [0.1, 0.15) is 54.4 Å². The minimum absolute atomic E-state index is 0.126. The van der Waals surface area contributed by atoms with Gasteiger partial charge in [-0.05, 0) is 43.5 Å². The third-order valence-corrected chi connectivity index (χ3v) is 6.49.